The topological polar surface area (TPSA) is 143 Å². The fourth-order valence-corrected chi connectivity index (χ4v) is 3.18. The molecule has 1 aliphatic heterocycles. The lowest BCUT2D eigenvalue weighted by atomic mass is 10.1. The van der Waals surface area contributed by atoms with Gasteiger partial charge in [-0.05, 0) is 43.3 Å². The van der Waals surface area contributed by atoms with Crippen LogP contribution in [-0.4, -0.2) is 59.5 Å². The highest BCUT2D eigenvalue weighted by Gasteiger charge is 2.34. The van der Waals surface area contributed by atoms with Crippen LogP contribution >= 0.6 is 0 Å². The molecule has 10 nitrogen and oxygen atoms in total. The van der Waals surface area contributed by atoms with Gasteiger partial charge in [0.05, 0.1) is 29.6 Å². The Morgan fingerprint density at radius 3 is 2.50 bits per heavy atom. The molecule has 0 bridgehead atoms. The molecular formula is C22H21N5O5. The van der Waals surface area contributed by atoms with E-state index in [-0.39, 0.29) is 6.54 Å². The number of rotatable bonds is 4. The summed E-state index contributed by atoms with van der Waals surface area (Å²) in [6, 6.07) is 12.6. The van der Waals surface area contributed by atoms with Gasteiger partial charge in [-0.2, -0.15) is 5.26 Å². The molecule has 0 unspecified atom stereocenters. The Morgan fingerprint density at radius 1 is 1.22 bits per heavy atom. The van der Waals surface area contributed by atoms with Crippen LogP contribution in [0, 0.1) is 11.3 Å². The molecule has 10 heteroatoms. The Bertz CT molecular complexity index is 1110. The smallest absolute Gasteiger partial charge is 0.407 e. The maximum absolute atomic E-state index is 13.3. The third-order valence-corrected chi connectivity index (χ3v) is 5.22. The average molecular weight is 435 g/mol. The average Bonchev–Trinajstić information content (AvgIpc) is 2.93. The molecule has 1 aliphatic rings. The van der Waals surface area contributed by atoms with Crippen LogP contribution in [0.25, 0.3) is 0 Å². The summed E-state index contributed by atoms with van der Waals surface area (Å²) in [6.45, 7) is 1.23. The SMILES string of the molecule is C[C@@H](C(=O)N[C@H]1CN(C(=O)c2ccc(C#N)cc2)c2ccccc2NC1=O)N(C)C(=O)O. The molecule has 0 fully saturated rings. The Hall–Kier alpha value is -4.39. The van der Waals surface area contributed by atoms with Gasteiger partial charge in [0.15, 0.2) is 0 Å². The summed E-state index contributed by atoms with van der Waals surface area (Å²) in [5.74, 6) is -1.63. The molecule has 3 N–H and O–H groups in total. The van der Waals surface area contributed by atoms with E-state index >= 15 is 0 Å². The van der Waals surface area contributed by atoms with E-state index in [1.165, 1.54) is 43.1 Å². The Labute approximate surface area is 184 Å². The minimum atomic E-state index is -1.29. The second-order valence-electron chi connectivity index (χ2n) is 7.24. The first-order valence-electron chi connectivity index (χ1n) is 9.71. The van der Waals surface area contributed by atoms with Gasteiger partial charge in [-0.25, -0.2) is 4.79 Å². The number of carbonyl (C=O) groups is 4. The number of anilines is 2. The van der Waals surface area contributed by atoms with Gasteiger partial charge in [0.25, 0.3) is 5.91 Å². The van der Waals surface area contributed by atoms with Crippen LogP contribution < -0.4 is 15.5 Å². The predicted octanol–water partition coefficient (Wildman–Crippen LogP) is 1.64. The molecule has 0 aromatic heterocycles. The van der Waals surface area contributed by atoms with Crippen LogP contribution in [0.4, 0.5) is 16.2 Å². The van der Waals surface area contributed by atoms with E-state index in [9.17, 15) is 19.2 Å². The van der Waals surface area contributed by atoms with Crippen molar-refractivity contribution in [3.05, 3.63) is 59.7 Å². The molecule has 0 spiro atoms. The fraction of sp³-hybridized carbons (Fsp3) is 0.227. The van der Waals surface area contributed by atoms with E-state index in [1.807, 2.05) is 6.07 Å². The van der Waals surface area contributed by atoms with Gasteiger partial charge in [0.1, 0.15) is 12.1 Å². The van der Waals surface area contributed by atoms with Crippen molar-refractivity contribution in [1.29, 1.82) is 5.26 Å². The van der Waals surface area contributed by atoms with Crippen LogP contribution in [0.2, 0.25) is 0 Å². The minimum Gasteiger partial charge on any atom is -0.465 e. The summed E-state index contributed by atoms with van der Waals surface area (Å²) < 4.78 is 0. The lowest BCUT2D eigenvalue weighted by molar-refractivity contribution is -0.129. The Kier molecular flexibility index (Phi) is 6.39. The first-order chi connectivity index (χ1) is 15.2. The van der Waals surface area contributed by atoms with E-state index in [0.29, 0.717) is 22.5 Å². The van der Waals surface area contributed by atoms with Crippen LogP contribution in [0.3, 0.4) is 0 Å². The second kappa shape index (κ2) is 9.18. The number of nitrogens with one attached hydrogen (secondary N) is 2. The molecule has 3 rings (SSSR count). The Balaban J connectivity index is 1.91. The summed E-state index contributed by atoms with van der Waals surface area (Å²) in [5, 5.41) is 23.3. The Morgan fingerprint density at radius 2 is 1.88 bits per heavy atom. The summed E-state index contributed by atoms with van der Waals surface area (Å²) >= 11 is 0. The number of benzene rings is 2. The molecule has 0 saturated carbocycles. The van der Waals surface area contributed by atoms with Gasteiger partial charge < -0.3 is 20.6 Å². The van der Waals surface area contributed by atoms with Crippen LogP contribution in [0.5, 0.6) is 0 Å². The molecular weight excluding hydrogens is 414 g/mol. The van der Waals surface area contributed by atoms with Gasteiger partial charge >= 0.3 is 6.09 Å². The van der Waals surface area contributed by atoms with Crippen molar-refractivity contribution in [2.75, 3.05) is 23.8 Å². The summed E-state index contributed by atoms with van der Waals surface area (Å²) in [4.78, 5) is 52.0. The molecule has 0 aliphatic carbocycles. The maximum atomic E-state index is 13.3. The zero-order chi connectivity index (χ0) is 23.4. The summed E-state index contributed by atoms with van der Waals surface area (Å²) in [6.07, 6.45) is -1.29. The number of nitriles is 1. The highest BCUT2D eigenvalue weighted by molar-refractivity contribution is 6.12. The van der Waals surface area contributed by atoms with E-state index in [2.05, 4.69) is 10.6 Å². The lowest BCUT2D eigenvalue weighted by Crippen LogP contribution is -2.55. The molecule has 2 aromatic carbocycles. The van der Waals surface area contributed by atoms with Gasteiger partial charge in [-0.1, -0.05) is 12.1 Å². The van der Waals surface area contributed by atoms with E-state index in [1.54, 1.807) is 24.3 Å². The molecule has 32 heavy (non-hydrogen) atoms. The highest BCUT2D eigenvalue weighted by atomic mass is 16.4. The van der Waals surface area contributed by atoms with Crippen LogP contribution in [0.1, 0.15) is 22.8 Å². The normalized spacial score (nSPS) is 16.0. The molecule has 1 heterocycles. The number of para-hydroxylation sites is 2. The largest absolute Gasteiger partial charge is 0.465 e. The zero-order valence-corrected chi connectivity index (χ0v) is 17.4. The molecule has 0 saturated heterocycles. The number of nitrogens with zero attached hydrogens (tertiary/aromatic N) is 3. The molecule has 2 atom stereocenters. The van der Waals surface area contributed by atoms with Gasteiger partial charge in [0.2, 0.25) is 11.8 Å². The number of carboxylic acid groups (broad SMARTS) is 1. The number of carbonyl (C=O) groups excluding carboxylic acids is 3. The summed E-state index contributed by atoms with van der Waals surface area (Å²) in [5.41, 5.74) is 1.54. The zero-order valence-electron chi connectivity index (χ0n) is 17.4. The van der Waals surface area contributed by atoms with Gasteiger partial charge in [0, 0.05) is 12.6 Å². The van der Waals surface area contributed by atoms with Crippen molar-refractivity contribution in [2.45, 2.75) is 19.0 Å². The van der Waals surface area contributed by atoms with Crippen molar-refractivity contribution in [2.24, 2.45) is 0 Å². The number of fused-ring (bicyclic) bond motifs is 1. The van der Waals surface area contributed by atoms with Crippen molar-refractivity contribution in [3.8, 4) is 6.07 Å². The van der Waals surface area contributed by atoms with E-state index in [0.717, 1.165) is 4.90 Å². The number of likely N-dealkylation sites (N-methyl/N-ethyl adjacent to an activating group) is 1. The predicted molar refractivity (Wildman–Crippen MR) is 115 cm³/mol. The van der Waals surface area contributed by atoms with Crippen molar-refractivity contribution >= 4 is 35.2 Å². The number of hydrogen-bond acceptors (Lipinski definition) is 5. The van der Waals surface area contributed by atoms with Crippen LogP contribution in [-0.2, 0) is 9.59 Å². The summed E-state index contributed by atoms with van der Waals surface area (Å²) in [7, 11) is 1.25. The second-order valence-corrected chi connectivity index (χ2v) is 7.24. The standard InChI is InChI=1S/C22H21N5O5/c1-13(26(2)22(31)32)19(28)25-17-12-27(18-6-4-3-5-16(18)24-20(17)29)21(30)15-9-7-14(11-23)8-10-15/h3-10,13,17H,12H2,1-2H3,(H,24,29)(H,25,28)(H,31,32)/t13-,17-/m0/s1. The molecule has 2 aromatic rings. The van der Waals surface area contributed by atoms with Crippen LogP contribution in [0.15, 0.2) is 48.5 Å². The number of hydrogen-bond donors (Lipinski definition) is 3. The van der Waals surface area contributed by atoms with Gasteiger partial charge in [-0.15, -0.1) is 0 Å². The third kappa shape index (κ3) is 4.52. The first-order valence-corrected chi connectivity index (χ1v) is 9.71. The highest BCUT2D eigenvalue weighted by Crippen LogP contribution is 2.30. The number of amides is 4. The van der Waals surface area contributed by atoms with Crippen molar-refractivity contribution in [3.63, 3.8) is 0 Å². The van der Waals surface area contributed by atoms with E-state index in [4.69, 9.17) is 10.4 Å². The van der Waals surface area contributed by atoms with E-state index < -0.39 is 35.9 Å². The third-order valence-electron chi connectivity index (χ3n) is 5.22. The molecule has 4 amide bonds. The lowest BCUT2D eigenvalue weighted by Gasteiger charge is -2.27. The minimum absolute atomic E-state index is 0.170. The molecule has 0 radical (unpaired) electrons. The van der Waals surface area contributed by atoms with Crippen molar-refractivity contribution < 1.29 is 24.3 Å². The van der Waals surface area contributed by atoms with Gasteiger partial charge in [-0.3, -0.25) is 19.3 Å². The first kappa shape index (κ1) is 22.3. The maximum Gasteiger partial charge on any atom is 0.407 e. The fourth-order valence-electron chi connectivity index (χ4n) is 3.18. The van der Waals surface area contributed by atoms with Crippen molar-refractivity contribution in [1.82, 2.24) is 10.2 Å². The molecule has 164 valence electrons. The monoisotopic (exact) mass is 435 g/mol. The quantitative estimate of drug-likeness (QED) is 0.666.